The van der Waals surface area contributed by atoms with E-state index < -0.39 is 5.60 Å². The number of methoxy groups -OCH3 is 1. The molecule has 150 valence electrons. The Morgan fingerprint density at radius 1 is 1.00 bits per heavy atom. The molecule has 3 heteroatoms. The van der Waals surface area contributed by atoms with Gasteiger partial charge in [-0.25, -0.2) is 0 Å². The quantitative estimate of drug-likeness (QED) is 0.783. The molecule has 0 bridgehead atoms. The minimum Gasteiger partial charge on any atom is -0.396 e. The molecule has 2 N–H and O–H groups in total. The average molecular weight is 365 g/mol. The number of hydrogen-bond donors (Lipinski definition) is 2. The van der Waals surface area contributed by atoms with Crippen LogP contribution in [0.25, 0.3) is 0 Å². The second-order valence-corrected chi connectivity index (χ2v) is 10.7. The number of aliphatic hydroxyl groups excluding tert-OH is 1. The summed E-state index contributed by atoms with van der Waals surface area (Å²) in [6, 6.07) is 0. The van der Waals surface area contributed by atoms with Crippen LogP contribution in [0.5, 0.6) is 0 Å². The third-order valence-corrected chi connectivity index (χ3v) is 9.57. The zero-order valence-corrected chi connectivity index (χ0v) is 17.1. The Kier molecular flexibility index (Phi) is 5.20. The second kappa shape index (κ2) is 7.04. The van der Waals surface area contributed by atoms with E-state index in [0.29, 0.717) is 36.4 Å². The fourth-order valence-electron chi connectivity index (χ4n) is 8.46. The molecule has 4 fully saturated rings. The van der Waals surface area contributed by atoms with Gasteiger partial charge in [-0.15, -0.1) is 0 Å². The Bertz CT molecular complexity index is 508. The largest absolute Gasteiger partial charge is 0.396 e. The van der Waals surface area contributed by atoms with Gasteiger partial charge in [0.15, 0.2) is 0 Å². The van der Waals surface area contributed by atoms with Gasteiger partial charge < -0.3 is 14.9 Å². The van der Waals surface area contributed by atoms with Crippen molar-refractivity contribution in [3.63, 3.8) is 0 Å². The third kappa shape index (κ3) is 2.97. The smallest absolute Gasteiger partial charge is 0.0882 e. The van der Waals surface area contributed by atoms with Crippen LogP contribution in [0, 0.1) is 46.8 Å². The number of hydrogen-bond acceptors (Lipinski definition) is 3. The molecule has 3 nitrogen and oxygen atoms in total. The van der Waals surface area contributed by atoms with Crippen molar-refractivity contribution >= 4 is 0 Å². The van der Waals surface area contributed by atoms with Gasteiger partial charge in [-0.05, 0) is 105 Å². The molecule has 9 atom stereocenters. The summed E-state index contributed by atoms with van der Waals surface area (Å²) in [5, 5.41) is 20.6. The first-order chi connectivity index (χ1) is 12.4. The van der Waals surface area contributed by atoms with Gasteiger partial charge in [0.1, 0.15) is 0 Å². The average Bonchev–Trinajstić information content (AvgIpc) is 2.98. The standard InChI is InChI=1S/C23H40O3/c1-15(13-24)20-6-7-21-19-5-4-16-12-23(25,14-26-3)11-9-17(16)18(19)8-10-22(20,21)2/h15-21,24-25H,4-14H2,1-3H3/t15-,16-,17+,18-,19-,20-,21+,22-,23+/m1/s1. The SMILES string of the molecule is COC[C@]1(O)CC[C@H]2[C@H](CC[C@@H]3[C@@H]2CC[C@]2(C)[C@@H]([C@H](C)CO)CC[C@@H]32)C1. The van der Waals surface area contributed by atoms with E-state index in [-0.39, 0.29) is 0 Å². The maximum atomic E-state index is 10.9. The molecule has 4 aliphatic rings. The van der Waals surface area contributed by atoms with Crippen LogP contribution in [0.2, 0.25) is 0 Å². The molecule has 0 amide bonds. The van der Waals surface area contributed by atoms with E-state index in [0.717, 1.165) is 36.5 Å². The number of aliphatic hydroxyl groups is 2. The van der Waals surface area contributed by atoms with Gasteiger partial charge in [0, 0.05) is 13.7 Å². The van der Waals surface area contributed by atoms with Crippen molar-refractivity contribution in [3.05, 3.63) is 0 Å². The highest BCUT2D eigenvalue weighted by Crippen LogP contribution is 2.65. The first kappa shape index (κ1) is 19.2. The van der Waals surface area contributed by atoms with E-state index in [1.54, 1.807) is 7.11 Å². The molecule has 0 heterocycles. The first-order valence-corrected chi connectivity index (χ1v) is 11.2. The number of fused-ring (bicyclic) bond motifs is 5. The normalized spacial score (nSPS) is 52.0. The molecular weight excluding hydrogens is 324 g/mol. The van der Waals surface area contributed by atoms with Gasteiger partial charge in [0.2, 0.25) is 0 Å². The van der Waals surface area contributed by atoms with E-state index in [2.05, 4.69) is 13.8 Å². The van der Waals surface area contributed by atoms with Crippen LogP contribution in [-0.2, 0) is 4.74 Å². The van der Waals surface area contributed by atoms with Crippen molar-refractivity contribution in [2.24, 2.45) is 46.8 Å². The van der Waals surface area contributed by atoms with Gasteiger partial charge in [0.25, 0.3) is 0 Å². The summed E-state index contributed by atoms with van der Waals surface area (Å²) in [7, 11) is 1.72. The van der Waals surface area contributed by atoms with Crippen LogP contribution in [0.1, 0.15) is 71.6 Å². The molecule has 0 saturated heterocycles. The van der Waals surface area contributed by atoms with Crippen molar-refractivity contribution in [3.8, 4) is 0 Å². The predicted octanol–water partition coefficient (Wildman–Crippen LogP) is 4.26. The zero-order valence-electron chi connectivity index (χ0n) is 17.1. The van der Waals surface area contributed by atoms with Crippen LogP contribution in [0.3, 0.4) is 0 Å². The Labute approximate surface area is 159 Å². The summed E-state index contributed by atoms with van der Waals surface area (Å²) in [5.41, 5.74) is -0.109. The molecule has 0 unspecified atom stereocenters. The van der Waals surface area contributed by atoms with Gasteiger partial charge in [-0.3, -0.25) is 0 Å². The Morgan fingerprint density at radius 3 is 2.50 bits per heavy atom. The lowest BCUT2D eigenvalue weighted by Gasteiger charge is -2.57. The molecule has 0 aromatic carbocycles. The van der Waals surface area contributed by atoms with Crippen LogP contribution in [-0.4, -0.2) is 36.1 Å². The highest BCUT2D eigenvalue weighted by Gasteiger charge is 2.58. The van der Waals surface area contributed by atoms with Gasteiger partial charge >= 0.3 is 0 Å². The fourth-order valence-corrected chi connectivity index (χ4v) is 8.46. The lowest BCUT2D eigenvalue weighted by Crippen LogP contribution is -2.52. The van der Waals surface area contributed by atoms with Crippen molar-refractivity contribution in [1.29, 1.82) is 0 Å². The van der Waals surface area contributed by atoms with E-state index >= 15 is 0 Å². The monoisotopic (exact) mass is 364 g/mol. The molecule has 4 aliphatic carbocycles. The summed E-state index contributed by atoms with van der Waals surface area (Å²) in [6.07, 6.45) is 11.2. The van der Waals surface area contributed by atoms with Gasteiger partial charge in [0.05, 0.1) is 12.2 Å². The van der Waals surface area contributed by atoms with E-state index in [9.17, 15) is 10.2 Å². The topological polar surface area (TPSA) is 49.7 Å². The minimum atomic E-state index is -0.569. The Morgan fingerprint density at radius 2 is 1.77 bits per heavy atom. The second-order valence-electron chi connectivity index (χ2n) is 10.7. The van der Waals surface area contributed by atoms with Crippen LogP contribution < -0.4 is 0 Å². The fraction of sp³-hybridized carbons (Fsp3) is 1.00. The van der Waals surface area contributed by atoms with Crippen molar-refractivity contribution in [1.82, 2.24) is 0 Å². The molecule has 4 saturated carbocycles. The Balaban J connectivity index is 1.49. The zero-order chi connectivity index (χ0) is 18.5. The summed E-state index contributed by atoms with van der Waals surface area (Å²) in [5.74, 6) is 5.39. The van der Waals surface area contributed by atoms with Crippen molar-refractivity contribution in [2.75, 3.05) is 20.3 Å². The van der Waals surface area contributed by atoms with Gasteiger partial charge in [-0.1, -0.05) is 13.8 Å². The minimum absolute atomic E-state index is 0.351. The summed E-state index contributed by atoms with van der Waals surface area (Å²) < 4.78 is 5.32. The maximum absolute atomic E-state index is 10.9. The lowest BCUT2D eigenvalue weighted by molar-refractivity contribution is -0.126. The number of ether oxygens (including phenoxy) is 1. The maximum Gasteiger partial charge on any atom is 0.0882 e. The van der Waals surface area contributed by atoms with E-state index in [4.69, 9.17) is 4.74 Å². The highest BCUT2D eigenvalue weighted by atomic mass is 16.5. The molecule has 0 aromatic heterocycles. The molecule has 4 rings (SSSR count). The van der Waals surface area contributed by atoms with E-state index in [1.807, 2.05) is 0 Å². The predicted molar refractivity (Wildman–Crippen MR) is 104 cm³/mol. The number of rotatable bonds is 4. The van der Waals surface area contributed by atoms with Crippen molar-refractivity contribution < 1.29 is 14.9 Å². The first-order valence-electron chi connectivity index (χ1n) is 11.2. The summed E-state index contributed by atoms with van der Waals surface area (Å²) in [6.45, 7) is 5.68. The molecule has 0 aromatic rings. The third-order valence-electron chi connectivity index (χ3n) is 9.57. The summed E-state index contributed by atoms with van der Waals surface area (Å²) >= 11 is 0. The molecule has 0 radical (unpaired) electrons. The summed E-state index contributed by atoms with van der Waals surface area (Å²) in [4.78, 5) is 0. The van der Waals surface area contributed by atoms with Crippen molar-refractivity contribution in [2.45, 2.75) is 77.2 Å². The molecule has 0 aliphatic heterocycles. The van der Waals surface area contributed by atoms with E-state index in [1.165, 1.54) is 44.9 Å². The molecule has 0 spiro atoms. The molecular formula is C23H40O3. The highest BCUT2D eigenvalue weighted by molar-refractivity contribution is 5.07. The van der Waals surface area contributed by atoms with Crippen LogP contribution >= 0.6 is 0 Å². The van der Waals surface area contributed by atoms with Crippen LogP contribution in [0.4, 0.5) is 0 Å². The van der Waals surface area contributed by atoms with Gasteiger partial charge in [-0.2, -0.15) is 0 Å². The lowest BCUT2D eigenvalue weighted by atomic mass is 9.48. The van der Waals surface area contributed by atoms with Crippen LogP contribution in [0.15, 0.2) is 0 Å². The Hall–Kier alpha value is -0.120. The molecule has 26 heavy (non-hydrogen) atoms.